The van der Waals surface area contributed by atoms with Crippen molar-refractivity contribution in [3.05, 3.63) is 0 Å². The number of methoxy groups -OCH3 is 1. The molecule has 1 aliphatic rings. The molecule has 0 aromatic heterocycles. The first-order valence-corrected chi connectivity index (χ1v) is 6.52. The zero-order chi connectivity index (χ0) is 14.1. The van der Waals surface area contributed by atoms with Crippen molar-refractivity contribution in [2.45, 2.75) is 37.9 Å². The molecule has 1 saturated carbocycles. The van der Waals surface area contributed by atoms with Gasteiger partial charge < -0.3 is 25.2 Å². The zero-order valence-electron chi connectivity index (χ0n) is 11.2. The number of rotatable bonds is 8. The number of amides is 2. The molecule has 1 aliphatic carbocycles. The number of hydrogen-bond acceptors (Lipinski definition) is 4. The fraction of sp³-hybridized carbons (Fsp3) is 0.833. The van der Waals surface area contributed by atoms with Crippen LogP contribution in [0.25, 0.3) is 0 Å². The first-order valence-electron chi connectivity index (χ1n) is 6.52. The van der Waals surface area contributed by atoms with Crippen LogP contribution in [0.4, 0.5) is 4.79 Å². The lowest BCUT2D eigenvalue weighted by atomic mass is 10.3. The number of carbonyl (C=O) groups excluding carboxylic acids is 1. The highest BCUT2D eigenvalue weighted by Gasteiger charge is 2.17. The van der Waals surface area contributed by atoms with Crippen LogP contribution in [-0.4, -0.2) is 56.1 Å². The molecule has 7 heteroatoms. The third-order valence-corrected chi connectivity index (χ3v) is 3.05. The second-order valence-electron chi connectivity index (χ2n) is 4.48. The van der Waals surface area contributed by atoms with E-state index in [9.17, 15) is 9.59 Å². The molecule has 0 aromatic carbocycles. The summed E-state index contributed by atoms with van der Waals surface area (Å²) in [4.78, 5) is 22.0. The van der Waals surface area contributed by atoms with Gasteiger partial charge in [-0.15, -0.1) is 0 Å². The van der Waals surface area contributed by atoms with Crippen molar-refractivity contribution in [1.29, 1.82) is 0 Å². The molecule has 0 saturated heterocycles. The summed E-state index contributed by atoms with van der Waals surface area (Å²) in [6.07, 6.45) is 3.93. The van der Waals surface area contributed by atoms with Gasteiger partial charge >= 0.3 is 12.0 Å². The molecule has 1 fully saturated rings. The Kier molecular flexibility index (Phi) is 7.20. The van der Waals surface area contributed by atoms with Gasteiger partial charge in [-0.1, -0.05) is 12.8 Å². The Morgan fingerprint density at radius 3 is 2.58 bits per heavy atom. The Bertz CT molecular complexity index is 292. The van der Waals surface area contributed by atoms with Gasteiger partial charge in [-0.25, -0.2) is 9.59 Å². The van der Waals surface area contributed by atoms with Gasteiger partial charge in [0.25, 0.3) is 0 Å². The summed E-state index contributed by atoms with van der Waals surface area (Å²) in [6, 6.07) is -0.418. The lowest BCUT2D eigenvalue weighted by molar-refractivity contribution is -0.147. The van der Waals surface area contributed by atoms with E-state index in [0.29, 0.717) is 19.3 Å². The van der Waals surface area contributed by atoms with E-state index in [1.165, 1.54) is 20.0 Å². The Hall–Kier alpha value is -1.34. The van der Waals surface area contributed by atoms with Crippen molar-refractivity contribution in [2.24, 2.45) is 0 Å². The molecule has 1 atom stereocenters. The Labute approximate surface area is 112 Å². The topological polar surface area (TPSA) is 96.9 Å². The normalized spacial score (nSPS) is 17.1. The second-order valence-corrected chi connectivity index (χ2v) is 4.48. The van der Waals surface area contributed by atoms with E-state index in [2.05, 4.69) is 15.4 Å². The third kappa shape index (κ3) is 6.40. The van der Waals surface area contributed by atoms with Crippen LogP contribution in [0.1, 0.15) is 25.7 Å². The average molecular weight is 274 g/mol. The van der Waals surface area contributed by atoms with Crippen LogP contribution in [0, 0.1) is 0 Å². The van der Waals surface area contributed by atoms with Crippen LogP contribution >= 0.6 is 0 Å². The van der Waals surface area contributed by atoms with Crippen LogP contribution in [0.3, 0.4) is 0 Å². The van der Waals surface area contributed by atoms with E-state index < -0.39 is 18.1 Å². The fourth-order valence-electron chi connectivity index (χ4n) is 1.96. The number of nitrogens with one attached hydrogen (secondary N) is 2. The minimum Gasteiger partial charge on any atom is -0.479 e. The van der Waals surface area contributed by atoms with Gasteiger partial charge in [0.15, 0.2) is 6.10 Å². The summed E-state index contributed by atoms with van der Waals surface area (Å²) in [5.41, 5.74) is 0. The molecule has 7 nitrogen and oxygen atoms in total. The van der Waals surface area contributed by atoms with Crippen molar-refractivity contribution in [3.8, 4) is 0 Å². The fourth-order valence-corrected chi connectivity index (χ4v) is 1.96. The quantitative estimate of drug-likeness (QED) is 0.555. The zero-order valence-corrected chi connectivity index (χ0v) is 11.2. The molecule has 19 heavy (non-hydrogen) atoms. The van der Waals surface area contributed by atoms with Gasteiger partial charge in [0.1, 0.15) is 0 Å². The van der Waals surface area contributed by atoms with Gasteiger partial charge in [0.2, 0.25) is 0 Å². The maximum atomic E-state index is 11.4. The van der Waals surface area contributed by atoms with E-state index in [1.807, 2.05) is 0 Å². The van der Waals surface area contributed by atoms with Crippen LogP contribution in [-0.2, 0) is 14.3 Å². The highest BCUT2D eigenvalue weighted by Crippen LogP contribution is 2.20. The molecular formula is C12H22N2O5. The van der Waals surface area contributed by atoms with Crippen LogP contribution in [0.2, 0.25) is 0 Å². The molecule has 0 radical (unpaired) electrons. The molecule has 0 bridgehead atoms. The largest absolute Gasteiger partial charge is 0.479 e. The molecule has 1 rings (SSSR count). The number of ether oxygens (including phenoxy) is 2. The molecule has 0 aromatic rings. The van der Waals surface area contributed by atoms with Crippen molar-refractivity contribution < 1.29 is 24.2 Å². The van der Waals surface area contributed by atoms with Gasteiger partial charge in [-0.3, -0.25) is 0 Å². The molecular weight excluding hydrogens is 252 g/mol. The van der Waals surface area contributed by atoms with Crippen molar-refractivity contribution >= 4 is 12.0 Å². The molecule has 3 N–H and O–H groups in total. The standard InChI is InChI=1S/C12H22N2O5/c1-18-10(11(15)16)8-14-12(17)13-6-7-19-9-4-2-3-5-9/h9-10H,2-8H2,1H3,(H,15,16)(H2,13,14,17). The number of hydrogen-bond donors (Lipinski definition) is 3. The molecule has 1 unspecified atom stereocenters. The highest BCUT2D eigenvalue weighted by atomic mass is 16.5. The number of aliphatic carboxylic acids is 1. The lowest BCUT2D eigenvalue weighted by Gasteiger charge is -2.13. The second kappa shape index (κ2) is 8.71. The molecule has 110 valence electrons. The van der Waals surface area contributed by atoms with Crippen molar-refractivity contribution in [1.82, 2.24) is 10.6 Å². The summed E-state index contributed by atoms with van der Waals surface area (Å²) >= 11 is 0. The first kappa shape index (κ1) is 15.7. The predicted molar refractivity (Wildman–Crippen MR) is 68.0 cm³/mol. The van der Waals surface area contributed by atoms with Gasteiger partial charge in [-0.05, 0) is 12.8 Å². The Morgan fingerprint density at radius 1 is 1.32 bits per heavy atom. The third-order valence-electron chi connectivity index (χ3n) is 3.05. The minimum absolute atomic E-state index is 0.0683. The van der Waals surface area contributed by atoms with Crippen molar-refractivity contribution in [2.75, 3.05) is 26.8 Å². The summed E-state index contributed by atoms with van der Waals surface area (Å²) in [5, 5.41) is 13.7. The van der Waals surface area contributed by atoms with Crippen molar-refractivity contribution in [3.63, 3.8) is 0 Å². The van der Waals surface area contributed by atoms with Gasteiger partial charge in [0, 0.05) is 13.7 Å². The molecule has 0 spiro atoms. The first-order chi connectivity index (χ1) is 9.13. The molecule has 0 heterocycles. The molecule has 2 amide bonds. The number of carboxylic acids is 1. The number of urea groups is 1. The Morgan fingerprint density at radius 2 is 2.00 bits per heavy atom. The minimum atomic E-state index is -1.10. The van der Waals surface area contributed by atoms with E-state index in [0.717, 1.165) is 12.8 Å². The monoisotopic (exact) mass is 274 g/mol. The van der Waals surface area contributed by atoms with Gasteiger partial charge in [0.05, 0.1) is 19.3 Å². The van der Waals surface area contributed by atoms with E-state index in [1.54, 1.807) is 0 Å². The summed E-state index contributed by atoms with van der Waals surface area (Å²) in [6.45, 7) is 0.818. The maximum absolute atomic E-state index is 11.4. The summed E-state index contributed by atoms with van der Waals surface area (Å²) < 4.78 is 10.3. The van der Waals surface area contributed by atoms with Crippen LogP contribution in [0.15, 0.2) is 0 Å². The lowest BCUT2D eigenvalue weighted by Crippen LogP contribution is -2.43. The smallest absolute Gasteiger partial charge is 0.334 e. The average Bonchev–Trinajstić information content (AvgIpc) is 2.88. The summed E-state index contributed by atoms with van der Waals surface area (Å²) in [5.74, 6) is -1.10. The Balaban J connectivity index is 2.02. The van der Waals surface area contributed by atoms with E-state index >= 15 is 0 Å². The number of carboxylic acid groups (broad SMARTS) is 1. The SMILES string of the molecule is COC(CNC(=O)NCCOC1CCCC1)C(=O)O. The highest BCUT2D eigenvalue weighted by molar-refractivity contribution is 5.76. The van der Waals surface area contributed by atoms with Gasteiger partial charge in [-0.2, -0.15) is 0 Å². The van der Waals surface area contributed by atoms with Crippen LogP contribution in [0.5, 0.6) is 0 Å². The number of carbonyl (C=O) groups is 2. The molecule has 0 aliphatic heterocycles. The summed E-state index contributed by atoms with van der Waals surface area (Å²) in [7, 11) is 1.29. The van der Waals surface area contributed by atoms with E-state index in [-0.39, 0.29) is 6.54 Å². The van der Waals surface area contributed by atoms with Crippen LogP contribution < -0.4 is 10.6 Å². The predicted octanol–water partition coefficient (Wildman–Crippen LogP) is 0.344. The maximum Gasteiger partial charge on any atom is 0.334 e. The van der Waals surface area contributed by atoms with E-state index in [4.69, 9.17) is 9.84 Å².